The molecule has 2 aromatic rings. The fourth-order valence-corrected chi connectivity index (χ4v) is 4.13. The van der Waals surface area contributed by atoms with Crippen LogP contribution in [0.3, 0.4) is 0 Å². The maximum Gasteiger partial charge on any atom is 0.194 e. The van der Waals surface area contributed by atoms with Gasteiger partial charge in [0.2, 0.25) is 0 Å². The number of aromatic nitrogens is 1. The number of hydrogen-bond acceptors (Lipinski definition) is 4. The molecule has 0 bridgehead atoms. The lowest BCUT2D eigenvalue weighted by Crippen LogP contribution is -2.48. The van der Waals surface area contributed by atoms with Crippen molar-refractivity contribution in [3.05, 3.63) is 51.0 Å². The second kappa shape index (κ2) is 8.64. The third kappa shape index (κ3) is 4.43. The highest BCUT2D eigenvalue weighted by molar-refractivity contribution is 7.11. The molecule has 1 aromatic heterocycles. The Morgan fingerprint density at radius 1 is 1.35 bits per heavy atom. The Kier molecular flexibility index (Phi) is 6.27. The van der Waals surface area contributed by atoms with Crippen molar-refractivity contribution < 1.29 is 4.74 Å². The van der Waals surface area contributed by atoms with E-state index in [0.717, 1.165) is 36.3 Å². The number of nitrogens with zero attached hydrogens (tertiary/aromatic N) is 3. The molecule has 0 radical (unpaired) electrons. The number of hydrogen-bond donors (Lipinski definition) is 1. The zero-order valence-electron chi connectivity index (χ0n) is 16.1. The maximum atomic E-state index is 6.06. The first kappa shape index (κ1) is 18.9. The largest absolute Gasteiger partial charge is 0.370 e. The number of ether oxygens (including phenoxy) is 1. The SMILES string of the molecule is CCNC(=NCc1sc(C)nc1C)N1CCOC(c2ccccc2C)C1. The smallest absolute Gasteiger partial charge is 0.194 e. The molecule has 26 heavy (non-hydrogen) atoms. The molecule has 1 aliphatic rings. The Hall–Kier alpha value is -1.92. The summed E-state index contributed by atoms with van der Waals surface area (Å²) in [6.45, 7) is 12.3. The summed E-state index contributed by atoms with van der Waals surface area (Å²) in [5.74, 6) is 0.958. The minimum atomic E-state index is 0.0844. The molecule has 6 heteroatoms. The molecular formula is C20H28N4OS. The summed E-state index contributed by atoms with van der Waals surface area (Å²) in [4.78, 5) is 12.9. The Labute approximate surface area is 160 Å². The predicted molar refractivity (Wildman–Crippen MR) is 108 cm³/mol. The lowest BCUT2D eigenvalue weighted by molar-refractivity contribution is -0.00833. The van der Waals surface area contributed by atoms with Gasteiger partial charge in [-0.05, 0) is 38.8 Å². The number of thiazole rings is 1. The molecule has 1 N–H and O–H groups in total. The normalized spacial score (nSPS) is 18.2. The molecule has 5 nitrogen and oxygen atoms in total. The van der Waals surface area contributed by atoms with Gasteiger partial charge in [0.25, 0.3) is 0 Å². The molecule has 1 fully saturated rings. The molecule has 1 saturated heterocycles. The number of morpholine rings is 1. The molecule has 1 unspecified atom stereocenters. The summed E-state index contributed by atoms with van der Waals surface area (Å²) in [5.41, 5.74) is 3.63. The van der Waals surface area contributed by atoms with E-state index in [0.29, 0.717) is 13.2 Å². The van der Waals surface area contributed by atoms with Crippen molar-refractivity contribution in [1.29, 1.82) is 0 Å². The van der Waals surface area contributed by atoms with E-state index in [9.17, 15) is 0 Å². The number of rotatable bonds is 4. The number of aliphatic imine (C=N–C) groups is 1. The summed E-state index contributed by atoms with van der Waals surface area (Å²) in [7, 11) is 0. The van der Waals surface area contributed by atoms with Crippen LogP contribution in [0.2, 0.25) is 0 Å². The molecule has 0 saturated carbocycles. The zero-order valence-corrected chi connectivity index (χ0v) is 16.9. The van der Waals surface area contributed by atoms with Gasteiger partial charge < -0.3 is 15.0 Å². The van der Waals surface area contributed by atoms with Crippen LogP contribution in [0.5, 0.6) is 0 Å². The van der Waals surface area contributed by atoms with Crippen LogP contribution in [-0.4, -0.2) is 42.1 Å². The van der Waals surface area contributed by atoms with Crippen molar-refractivity contribution in [1.82, 2.24) is 15.2 Å². The van der Waals surface area contributed by atoms with Gasteiger partial charge in [-0.1, -0.05) is 24.3 Å². The van der Waals surface area contributed by atoms with Crippen molar-refractivity contribution in [2.24, 2.45) is 4.99 Å². The predicted octanol–water partition coefficient (Wildman–Crippen LogP) is 3.61. The van der Waals surface area contributed by atoms with Crippen LogP contribution >= 0.6 is 11.3 Å². The fraction of sp³-hybridized carbons (Fsp3) is 0.500. The molecule has 3 rings (SSSR count). The van der Waals surface area contributed by atoms with Crippen LogP contribution in [0, 0.1) is 20.8 Å². The van der Waals surface area contributed by atoms with Gasteiger partial charge in [0.05, 0.1) is 30.4 Å². The van der Waals surface area contributed by atoms with Crippen LogP contribution < -0.4 is 5.32 Å². The Morgan fingerprint density at radius 2 is 2.15 bits per heavy atom. The average Bonchev–Trinajstić information content (AvgIpc) is 2.96. The van der Waals surface area contributed by atoms with Gasteiger partial charge in [0.1, 0.15) is 6.10 Å². The molecule has 0 aliphatic carbocycles. The van der Waals surface area contributed by atoms with Crippen LogP contribution in [0.15, 0.2) is 29.3 Å². The minimum absolute atomic E-state index is 0.0844. The third-order valence-electron chi connectivity index (χ3n) is 4.61. The Balaban J connectivity index is 1.75. The van der Waals surface area contributed by atoms with E-state index in [2.05, 4.69) is 60.2 Å². The first-order chi connectivity index (χ1) is 12.6. The van der Waals surface area contributed by atoms with Crippen molar-refractivity contribution >= 4 is 17.3 Å². The summed E-state index contributed by atoms with van der Waals surface area (Å²) in [5, 5.41) is 4.54. The van der Waals surface area contributed by atoms with Crippen LogP contribution in [0.1, 0.15) is 39.7 Å². The number of aryl methyl sites for hydroxylation is 3. The summed E-state index contributed by atoms with van der Waals surface area (Å²) < 4.78 is 6.06. The van der Waals surface area contributed by atoms with E-state index in [1.54, 1.807) is 11.3 Å². The second-order valence-electron chi connectivity index (χ2n) is 6.57. The monoisotopic (exact) mass is 372 g/mol. The second-order valence-corrected chi connectivity index (χ2v) is 7.86. The number of nitrogens with one attached hydrogen (secondary N) is 1. The molecular weight excluding hydrogens is 344 g/mol. The molecule has 1 atom stereocenters. The molecule has 0 spiro atoms. The molecule has 0 amide bonds. The minimum Gasteiger partial charge on any atom is -0.370 e. The fourth-order valence-electron chi connectivity index (χ4n) is 3.27. The van der Waals surface area contributed by atoms with Gasteiger partial charge in [-0.25, -0.2) is 9.98 Å². The number of benzene rings is 1. The van der Waals surface area contributed by atoms with Crippen LogP contribution in [0.25, 0.3) is 0 Å². The molecule has 1 aliphatic heterocycles. The van der Waals surface area contributed by atoms with E-state index in [-0.39, 0.29) is 6.10 Å². The van der Waals surface area contributed by atoms with Crippen molar-refractivity contribution in [3.63, 3.8) is 0 Å². The van der Waals surface area contributed by atoms with E-state index >= 15 is 0 Å². The molecule has 1 aromatic carbocycles. The maximum absolute atomic E-state index is 6.06. The molecule has 2 heterocycles. The van der Waals surface area contributed by atoms with Crippen molar-refractivity contribution in [2.45, 2.75) is 40.3 Å². The zero-order chi connectivity index (χ0) is 18.5. The van der Waals surface area contributed by atoms with Gasteiger partial charge >= 0.3 is 0 Å². The van der Waals surface area contributed by atoms with Gasteiger partial charge in [-0.2, -0.15) is 0 Å². The van der Waals surface area contributed by atoms with Gasteiger partial charge in [0, 0.05) is 18.0 Å². The summed E-state index contributed by atoms with van der Waals surface area (Å²) in [6.07, 6.45) is 0.0844. The van der Waals surface area contributed by atoms with Gasteiger partial charge in [-0.3, -0.25) is 0 Å². The quantitative estimate of drug-likeness (QED) is 0.658. The lowest BCUT2D eigenvalue weighted by Gasteiger charge is -2.35. The highest BCUT2D eigenvalue weighted by Gasteiger charge is 2.25. The van der Waals surface area contributed by atoms with E-state index in [4.69, 9.17) is 9.73 Å². The highest BCUT2D eigenvalue weighted by Crippen LogP contribution is 2.25. The van der Waals surface area contributed by atoms with E-state index < -0.39 is 0 Å². The standard InChI is InChI=1S/C20H28N4OS/c1-5-21-20(22-12-19-15(3)23-16(4)26-19)24-10-11-25-18(13-24)17-9-7-6-8-14(17)2/h6-9,18H,5,10-13H2,1-4H3,(H,21,22). The topological polar surface area (TPSA) is 49.8 Å². The van der Waals surface area contributed by atoms with Crippen LogP contribution in [-0.2, 0) is 11.3 Å². The first-order valence-corrected chi connectivity index (χ1v) is 10.0. The van der Waals surface area contributed by atoms with E-state index in [1.807, 2.05) is 6.92 Å². The van der Waals surface area contributed by atoms with Gasteiger partial charge in [-0.15, -0.1) is 11.3 Å². The molecule has 140 valence electrons. The Morgan fingerprint density at radius 3 is 2.85 bits per heavy atom. The number of guanidine groups is 1. The van der Waals surface area contributed by atoms with Gasteiger partial charge in [0.15, 0.2) is 5.96 Å². The third-order valence-corrected chi connectivity index (χ3v) is 5.67. The van der Waals surface area contributed by atoms with Crippen LogP contribution in [0.4, 0.5) is 0 Å². The first-order valence-electron chi connectivity index (χ1n) is 9.21. The lowest BCUT2D eigenvalue weighted by atomic mass is 10.0. The van der Waals surface area contributed by atoms with Crippen molar-refractivity contribution in [3.8, 4) is 0 Å². The van der Waals surface area contributed by atoms with E-state index in [1.165, 1.54) is 16.0 Å². The van der Waals surface area contributed by atoms with Crippen molar-refractivity contribution in [2.75, 3.05) is 26.2 Å². The Bertz CT molecular complexity index is 771. The summed E-state index contributed by atoms with van der Waals surface area (Å²) in [6, 6.07) is 8.46. The summed E-state index contributed by atoms with van der Waals surface area (Å²) >= 11 is 1.73. The average molecular weight is 373 g/mol. The highest BCUT2D eigenvalue weighted by atomic mass is 32.1.